The number of rotatable bonds is 7. The maximum Gasteiger partial charge on any atom is 0.257 e. The minimum absolute atomic E-state index is 0.165. The molecule has 4 aromatic rings. The SMILES string of the molecule is Cc1cccc(Cl)c1NC(=O)CCc1nc(CSc2nc3ccccc3o2)no1. The first-order valence-electron chi connectivity index (χ1n) is 8.93. The Morgan fingerprint density at radius 2 is 2.03 bits per heavy atom. The van der Waals surface area contributed by atoms with Crippen molar-refractivity contribution in [2.75, 3.05) is 5.32 Å². The number of anilines is 1. The number of hydrogen-bond donors (Lipinski definition) is 1. The van der Waals surface area contributed by atoms with Gasteiger partial charge in [-0.15, -0.1) is 0 Å². The highest BCUT2D eigenvalue weighted by atomic mass is 35.5. The van der Waals surface area contributed by atoms with Crippen molar-refractivity contribution in [3.63, 3.8) is 0 Å². The number of nitrogens with one attached hydrogen (secondary N) is 1. The van der Waals surface area contributed by atoms with Gasteiger partial charge in [0.05, 0.1) is 16.5 Å². The lowest BCUT2D eigenvalue weighted by Gasteiger charge is -2.09. The molecule has 0 saturated heterocycles. The smallest absolute Gasteiger partial charge is 0.257 e. The predicted molar refractivity (Wildman–Crippen MR) is 111 cm³/mol. The molecule has 2 aromatic carbocycles. The van der Waals surface area contributed by atoms with Crippen LogP contribution in [0.1, 0.15) is 23.7 Å². The second-order valence-electron chi connectivity index (χ2n) is 6.32. The van der Waals surface area contributed by atoms with Crippen LogP contribution in [-0.2, 0) is 17.0 Å². The topological polar surface area (TPSA) is 94.1 Å². The van der Waals surface area contributed by atoms with Crippen LogP contribution in [0.3, 0.4) is 0 Å². The number of aryl methyl sites for hydroxylation is 2. The van der Waals surface area contributed by atoms with Crippen LogP contribution in [0.5, 0.6) is 0 Å². The molecule has 0 radical (unpaired) electrons. The first kappa shape index (κ1) is 19.5. The molecule has 1 N–H and O–H groups in total. The molecule has 0 atom stereocenters. The van der Waals surface area contributed by atoms with Crippen molar-refractivity contribution in [2.45, 2.75) is 30.7 Å². The van der Waals surface area contributed by atoms with E-state index in [1.54, 1.807) is 6.07 Å². The lowest BCUT2D eigenvalue weighted by molar-refractivity contribution is -0.116. The molecule has 0 bridgehead atoms. The van der Waals surface area contributed by atoms with Crippen molar-refractivity contribution in [3.8, 4) is 0 Å². The van der Waals surface area contributed by atoms with Crippen LogP contribution in [0.25, 0.3) is 11.1 Å². The van der Waals surface area contributed by atoms with Gasteiger partial charge in [0.25, 0.3) is 5.22 Å². The zero-order valence-corrected chi connectivity index (χ0v) is 17.1. The number of thioether (sulfide) groups is 1. The molecule has 29 heavy (non-hydrogen) atoms. The molecular weight excluding hydrogens is 412 g/mol. The van der Waals surface area contributed by atoms with Crippen molar-refractivity contribution in [3.05, 3.63) is 64.8 Å². The molecular formula is C20H17ClN4O3S. The van der Waals surface area contributed by atoms with E-state index in [-0.39, 0.29) is 12.3 Å². The van der Waals surface area contributed by atoms with Crippen LogP contribution in [0.4, 0.5) is 5.69 Å². The molecule has 0 aliphatic rings. The number of carbonyl (C=O) groups excluding carboxylic acids is 1. The largest absolute Gasteiger partial charge is 0.431 e. The van der Waals surface area contributed by atoms with Gasteiger partial charge in [-0.3, -0.25) is 4.79 Å². The van der Waals surface area contributed by atoms with Gasteiger partial charge in [-0.05, 0) is 30.7 Å². The molecule has 1 amide bonds. The number of benzene rings is 2. The molecule has 0 unspecified atom stereocenters. The quantitative estimate of drug-likeness (QED) is 0.412. The molecule has 0 saturated carbocycles. The third kappa shape index (κ3) is 4.78. The summed E-state index contributed by atoms with van der Waals surface area (Å²) in [6, 6.07) is 13.0. The Balaban J connectivity index is 1.29. The van der Waals surface area contributed by atoms with E-state index in [0.29, 0.717) is 39.8 Å². The molecule has 0 fully saturated rings. The molecule has 2 aromatic heterocycles. The van der Waals surface area contributed by atoms with Crippen LogP contribution < -0.4 is 5.32 Å². The van der Waals surface area contributed by atoms with Crippen molar-refractivity contribution in [2.24, 2.45) is 0 Å². The first-order chi connectivity index (χ1) is 14.1. The van der Waals surface area contributed by atoms with Crippen molar-refractivity contribution in [1.29, 1.82) is 0 Å². The molecule has 7 nitrogen and oxygen atoms in total. The fraction of sp³-hybridized carbons (Fsp3) is 0.200. The predicted octanol–water partition coefficient (Wildman–Crippen LogP) is 5.04. The summed E-state index contributed by atoms with van der Waals surface area (Å²) in [6.07, 6.45) is 0.556. The molecule has 0 spiro atoms. The van der Waals surface area contributed by atoms with Crippen LogP contribution in [-0.4, -0.2) is 21.0 Å². The lowest BCUT2D eigenvalue weighted by Crippen LogP contribution is -2.13. The van der Waals surface area contributed by atoms with E-state index in [4.69, 9.17) is 20.5 Å². The fourth-order valence-corrected chi connectivity index (χ4v) is 3.65. The second kappa shape index (κ2) is 8.67. The van der Waals surface area contributed by atoms with Crippen molar-refractivity contribution >= 4 is 46.1 Å². The lowest BCUT2D eigenvalue weighted by atomic mass is 10.2. The molecule has 2 heterocycles. The molecule has 9 heteroatoms. The zero-order chi connectivity index (χ0) is 20.2. The number of fused-ring (bicyclic) bond motifs is 1. The summed E-state index contributed by atoms with van der Waals surface area (Å²) in [5.74, 6) is 1.22. The number of aromatic nitrogens is 3. The van der Waals surface area contributed by atoms with Crippen molar-refractivity contribution < 1.29 is 13.7 Å². The maximum atomic E-state index is 12.2. The Morgan fingerprint density at radius 3 is 2.86 bits per heavy atom. The van der Waals surface area contributed by atoms with Gasteiger partial charge in [-0.25, -0.2) is 4.98 Å². The number of nitrogens with zero attached hydrogens (tertiary/aromatic N) is 3. The number of amides is 1. The molecule has 0 aliphatic heterocycles. The Labute approximate surface area is 175 Å². The number of hydrogen-bond acceptors (Lipinski definition) is 7. The van der Waals surface area contributed by atoms with E-state index < -0.39 is 0 Å². The van der Waals surface area contributed by atoms with Crippen LogP contribution in [0.2, 0.25) is 5.02 Å². The summed E-state index contributed by atoms with van der Waals surface area (Å²) in [6.45, 7) is 1.89. The standard InChI is InChI=1S/C20H17ClN4O3S/c1-12-5-4-6-13(21)19(12)24-17(26)9-10-18-23-16(25-28-18)11-29-20-22-14-7-2-3-8-15(14)27-20/h2-8H,9-11H2,1H3,(H,24,26). The van der Waals surface area contributed by atoms with Gasteiger partial charge in [0.2, 0.25) is 11.8 Å². The van der Waals surface area contributed by atoms with Gasteiger partial charge >= 0.3 is 0 Å². The minimum Gasteiger partial charge on any atom is -0.431 e. The summed E-state index contributed by atoms with van der Waals surface area (Å²) >= 11 is 7.52. The molecule has 148 valence electrons. The van der Waals surface area contributed by atoms with Gasteiger partial charge < -0.3 is 14.3 Å². The Hall–Kier alpha value is -2.84. The Bertz CT molecular complexity index is 1100. The average molecular weight is 429 g/mol. The van der Waals surface area contributed by atoms with Crippen molar-refractivity contribution in [1.82, 2.24) is 15.1 Å². The summed E-state index contributed by atoms with van der Waals surface area (Å²) in [4.78, 5) is 20.9. The average Bonchev–Trinajstić information content (AvgIpc) is 3.34. The van der Waals surface area contributed by atoms with E-state index >= 15 is 0 Å². The van der Waals surface area contributed by atoms with E-state index in [1.165, 1.54) is 11.8 Å². The van der Waals surface area contributed by atoms with Gasteiger partial charge in [-0.2, -0.15) is 4.98 Å². The van der Waals surface area contributed by atoms with E-state index in [9.17, 15) is 4.79 Å². The first-order valence-corrected chi connectivity index (χ1v) is 10.3. The highest BCUT2D eigenvalue weighted by Crippen LogP contribution is 2.26. The summed E-state index contributed by atoms with van der Waals surface area (Å²) < 4.78 is 10.9. The fourth-order valence-electron chi connectivity index (χ4n) is 2.70. The minimum atomic E-state index is -0.165. The normalized spacial score (nSPS) is 11.1. The van der Waals surface area contributed by atoms with Gasteiger partial charge in [0.15, 0.2) is 11.4 Å². The summed E-state index contributed by atoms with van der Waals surface area (Å²) in [5, 5.41) is 7.83. The van der Waals surface area contributed by atoms with E-state index in [2.05, 4.69) is 20.4 Å². The van der Waals surface area contributed by atoms with Gasteiger partial charge in [-0.1, -0.05) is 52.8 Å². The molecule has 4 rings (SSSR count). The number of para-hydroxylation sites is 3. The summed E-state index contributed by atoms with van der Waals surface area (Å²) in [5.41, 5.74) is 3.08. The maximum absolute atomic E-state index is 12.2. The number of oxazole rings is 1. The van der Waals surface area contributed by atoms with Crippen LogP contribution in [0, 0.1) is 6.92 Å². The monoisotopic (exact) mass is 428 g/mol. The van der Waals surface area contributed by atoms with E-state index in [1.807, 2.05) is 43.3 Å². The zero-order valence-electron chi connectivity index (χ0n) is 15.5. The molecule has 0 aliphatic carbocycles. The second-order valence-corrected chi connectivity index (χ2v) is 7.65. The highest BCUT2D eigenvalue weighted by molar-refractivity contribution is 7.98. The van der Waals surface area contributed by atoms with E-state index in [0.717, 1.165) is 16.7 Å². The third-order valence-electron chi connectivity index (χ3n) is 4.16. The van der Waals surface area contributed by atoms with Crippen LogP contribution >= 0.6 is 23.4 Å². The van der Waals surface area contributed by atoms with Crippen LogP contribution in [0.15, 0.2) is 56.6 Å². The highest BCUT2D eigenvalue weighted by Gasteiger charge is 2.13. The summed E-state index contributed by atoms with van der Waals surface area (Å²) in [7, 11) is 0. The third-order valence-corrected chi connectivity index (χ3v) is 5.30. The Morgan fingerprint density at radius 1 is 1.17 bits per heavy atom. The number of carbonyl (C=O) groups is 1. The number of halogens is 1. The van der Waals surface area contributed by atoms with Gasteiger partial charge in [0.1, 0.15) is 5.52 Å². The Kier molecular flexibility index (Phi) is 5.82. The van der Waals surface area contributed by atoms with Gasteiger partial charge in [0, 0.05) is 12.8 Å².